The van der Waals surface area contributed by atoms with Crippen LogP contribution in [0.1, 0.15) is 19.3 Å². The molecule has 0 saturated heterocycles. The molecule has 110 valence electrons. The number of hydrogen-bond donors (Lipinski definition) is 3. The fourth-order valence-corrected chi connectivity index (χ4v) is 3.02. The van der Waals surface area contributed by atoms with Crippen molar-refractivity contribution in [2.45, 2.75) is 30.2 Å². The number of carbonyl (C=O) groups is 1. The van der Waals surface area contributed by atoms with Crippen LogP contribution in [-0.4, -0.2) is 20.4 Å². The summed E-state index contributed by atoms with van der Waals surface area (Å²) in [7, 11) is -3.84. The van der Waals surface area contributed by atoms with Gasteiger partial charge in [-0.3, -0.25) is 4.79 Å². The predicted molar refractivity (Wildman–Crippen MR) is 76.8 cm³/mol. The highest BCUT2D eigenvalue weighted by Gasteiger charge is 2.30. The number of hydrogen-bond acceptors (Lipinski definition) is 4. The van der Waals surface area contributed by atoms with E-state index in [1.807, 2.05) is 0 Å². The highest BCUT2D eigenvalue weighted by molar-refractivity contribution is 7.89. The van der Waals surface area contributed by atoms with Crippen LogP contribution in [0.15, 0.2) is 23.1 Å². The molecule has 1 aromatic rings. The van der Waals surface area contributed by atoms with Crippen LogP contribution in [0.3, 0.4) is 0 Å². The largest absolute Gasteiger partial charge is 0.327 e. The Labute approximate surface area is 122 Å². The quantitative estimate of drug-likeness (QED) is 0.772. The van der Waals surface area contributed by atoms with E-state index in [4.69, 9.17) is 22.5 Å². The van der Waals surface area contributed by atoms with Crippen LogP contribution in [0, 0.1) is 5.92 Å². The van der Waals surface area contributed by atoms with Crippen LogP contribution < -0.4 is 16.2 Å². The molecule has 1 amide bonds. The number of anilines is 1. The summed E-state index contributed by atoms with van der Waals surface area (Å²) in [5.41, 5.74) is 6.09. The van der Waals surface area contributed by atoms with Crippen molar-refractivity contribution in [1.29, 1.82) is 0 Å². The van der Waals surface area contributed by atoms with Crippen molar-refractivity contribution >= 4 is 33.2 Å². The lowest BCUT2D eigenvalue weighted by Crippen LogP contribution is -2.34. The van der Waals surface area contributed by atoms with Gasteiger partial charge in [0.25, 0.3) is 0 Å². The minimum absolute atomic E-state index is 0.104. The second kappa shape index (κ2) is 5.69. The monoisotopic (exact) mass is 317 g/mol. The van der Waals surface area contributed by atoms with Gasteiger partial charge in [0.15, 0.2) is 0 Å². The number of carbonyl (C=O) groups excluding carboxylic acids is 1. The zero-order chi connectivity index (χ0) is 14.9. The summed E-state index contributed by atoms with van der Waals surface area (Å²) >= 11 is 5.95. The van der Waals surface area contributed by atoms with E-state index >= 15 is 0 Å². The first-order chi connectivity index (χ1) is 9.29. The number of nitrogens with two attached hydrogens (primary N) is 2. The molecule has 1 aromatic carbocycles. The lowest BCUT2D eigenvalue weighted by Gasteiger charge is -2.16. The Balaban J connectivity index is 2.22. The molecule has 1 aliphatic carbocycles. The maximum Gasteiger partial charge on any atom is 0.238 e. The van der Waals surface area contributed by atoms with E-state index in [-0.39, 0.29) is 33.5 Å². The fraction of sp³-hybridized carbons (Fsp3) is 0.417. The Bertz CT molecular complexity index is 633. The third-order valence-corrected chi connectivity index (χ3v) is 4.67. The Morgan fingerprint density at radius 2 is 2.05 bits per heavy atom. The van der Waals surface area contributed by atoms with Crippen molar-refractivity contribution in [3.63, 3.8) is 0 Å². The molecule has 0 aromatic heterocycles. The van der Waals surface area contributed by atoms with E-state index < -0.39 is 10.0 Å². The molecule has 0 spiro atoms. The van der Waals surface area contributed by atoms with Gasteiger partial charge in [0.05, 0.1) is 21.5 Å². The molecule has 0 heterocycles. The minimum atomic E-state index is -3.84. The van der Waals surface area contributed by atoms with E-state index in [9.17, 15) is 13.2 Å². The highest BCUT2D eigenvalue weighted by atomic mass is 35.5. The van der Waals surface area contributed by atoms with Crippen molar-refractivity contribution in [2.75, 3.05) is 5.32 Å². The molecular formula is C12H16ClN3O3S. The Morgan fingerprint density at radius 3 is 2.60 bits per heavy atom. The van der Waals surface area contributed by atoms with Crippen LogP contribution in [0.4, 0.5) is 5.69 Å². The number of nitrogens with one attached hydrogen (secondary N) is 1. The lowest BCUT2D eigenvalue weighted by molar-refractivity contribution is -0.120. The van der Waals surface area contributed by atoms with Gasteiger partial charge in [-0.05, 0) is 31.0 Å². The van der Waals surface area contributed by atoms with Gasteiger partial charge in [0.2, 0.25) is 15.9 Å². The van der Waals surface area contributed by atoms with E-state index in [2.05, 4.69) is 5.32 Å². The van der Waals surface area contributed by atoms with Gasteiger partial charge in [0.1, 0.15) is 0 Å². The number of halogens is 1. The van der Waals surface area contributed by atoms with Crippen molar-refractivity contribution in [2.24, 2.45) is 16.8 Å². The molecular weight excluding hydrogens is 302 g/mol. The molecule has 8 heteroatoms. The van der Waals surface area contributed by atoms with Crippen molar-refractivity contribution in [1.82, 2.24) is 0 Å². The van der Waals surface area contributed by atoms with Gasteiger partial charge in [0, 0.05) is 6.04 Å². The summed E-state index contributed by atoms with van der Waals surface area (Å²) < 4.78 is 22.6. The molecule has 2 atom stereocenters. The Morgan fingerprint density at radius 1 is 1.35 bits per heavy atom. The molecule has 1 saturated carbocycles. The molecule has 2 unspecified atom stereocenters. The molecule has 0 radical (unpaired) electrons. The molecule has 2 rings (SSSR count). The number of sulfonamides is 1. The summed E-state index contributed by atoms with van der Waals surface area (Å²) in [4.78, 5) is 12.0. The maximum atomic E-state index is 12.1. The van der Waals surface area contributed by atoms with Gasteiger partial charge < -0.3 is 11.1 Å². The second-order valence-corrected chi connectivity index (χ2v) is 6.85. The van der Waals surface area contributed by atoms with Crippen molar-refractivity contribution < 1.29 is 13.2 Å². The topological polar surface area (TPSA) is 115 Å². The lowest BCUT2D eigenvalue weighted by atomic mass is 10.0. The second-order valence-electron chi connectivity index (χ2n) is 4.88. The molecule has 0 aliphatic heterocycles. The smallest absolute Gasteiger partial charge is 0.238 e. The van der Waals surface area contributed by atoms with Gasteiger partial charge >= 0.3 is 0 Å². The van der Waals surface area contributed by atoms with Crippen molar-refractivity contribution in [3.8, 4) is 0 Å². The molecule has 0 bridgehead atoms. The van der Waals surface area contributed by atoms with Crippen LogP contribution in [0.5, 0.6) is 0 Å². The van der Waals surface area contributed by atoms with Crippen molar-refractivity contribution in [3.05, 3.63) is 23.2 Å². The zero-order valence-electron chi connectivity index (χ0n) is 10.7. The normalized spacial score (nSPS) is 22.8. The van der Waals surface area contributed by atoms with E-state index in [0.29, 0.717) is 0 Å². The van der Waals surface area contributed by atoms with Gasteiger partial charge in [-0.1, -0.05) is 18.0 Å². The summed E-state index contributed by atoms with van der Waals surface area (Å²) in [6.07, 6.45) is 2.44. The van der Waals surface area contributed by atoms with Gasteiger partial charge in [-0.15, -0.1) is 0 Å². The van der Waals surface area contributed by atoms with E-state index in [1.54, 1.807) is 0 Å². The SMILES string of the molecule is NC1CCCC1C(=O)Nc1cc(S(N)(=O)=O)ccc1Cl. The first-order valence-electron chi connectivity index (χ1n) is 6.18. The Kier molecular flexibility index (Phi) is 4.33. The van der Waals surface area contributed by atoms with Crippen LogP contribution in [0.2, 0.25) is 5.02 Å². The predicted octanol–water partition coefficient (Wildman–Crippen LogP) is 1.05. The van der Waals surface area contributed by atoms with Gasteiger partial charge in [-0.25, -0.2) is 13.6 Å². The third kappa shape index (κ3) is 3.29. The number of rotatable bonds is 3. The van der Waals surface area contributed by atoms with Crippen LogP contribution in [0.25, 0.3) is 0 Å². The fourth-order valence-electron chi connectivity index (χ4n) is 2.32. The summed E-state index contributed by atoms with van der Waals surface area (Å²) in [5, 5.41) is 7.92. The first kappa shape index (κ1) is 15.2. The standard InChI is InChI=1S/C12H16ClN3O3S/c13-9-5-4-7(20(15,18)19)6-11(9)16-12(17)8-2-1-3-10(8)14/h4-6,8,10H,1-3,14H2,(H,16,17)(H2,15,18,19). The van der Waals surface area contributed by atoms with E-state index in [0.717, 1.165) is 19.3 Å². The van der Waals surface area contributed by atoms with Crippen LogP contribution >= 0.6 is 11.6 Å². The summed E-state index contributed by atoms with van der Waals surface area (Å²) in [6.45, 7) is 0. The average Bonchev–Trinajstić information content (AvgIpc) is 2.77. The third-order valence-electron chi connectivity index (χ3n) is 3.43. The molecule has 1 fully saturated rings. The molecule has 20 heavy (non-hydrogen) atoms. The van der Waals surface area contributed by atoms with Gasteiger partial charge in [-0.2, -0.15) is 0 Å². The number of amides is 1. The van der Waals surface area contributed by atoms with Crippen LogP contribution in [-0.2, 0) is 14.8 Å². The summed E-state index contributed by atoms with van der Waals surface area (Å²) in [5.74, 6) is -0.521. The number of benzene rings is 1. The minimum Gasteiger partial charge on any atom is -0.327 e. The Hall–Kier alpha value is -1.15. The zero-order valence-corrected chi connectivity index (χ0v) is 12.2. The first-order valence-corrected chi connectivity index (χ1v) is 8.10. The number of primary sulfonamides is 1. The highest BCUT2D eigenvalue weighted by Crippen LogP contribution is 2.28. The van der Waals surface area contributed by atoms with E-state index in [1.165, 1.54) is 18.2 Å². The summed E-state index contributed by atoms with van der Waals surface area (Å²) in [6, 6.07) is 3.74. The molecule has 5 N–H and O–H groups in total. The molecule has 1 aliphatic rings. The maximum absolute atomic E-state index is 12.1. The molecule has 6 nitrogen and oxygen atoms in total. The average molecular weight is 318 g/mol.